The average molecular weight is 573 g/mol. The predicted molar refractivity (Wildman–Crippen MR) is 158 cm³/mol. The van der Waals surface area contributed by atoms with E-state index in [9.17, 15) is 24.0 Å². The third kappa shape index (κ3) is 28.6. The number of carboxylic acids is 1. The van der Waals surface area contributed by atoms with Crippen LogP contribution in [-0.2, 0) is 28.7 Å². The lowest BCUT2D eigenvalue weighted by Gasteiger charge is -2.06. The van der Waals surface area contributed by atoms with E-state index >= 15 is 0 Å². The number of unbranched alkanes of at least 4 members (excludes halogenated alkanes) is 1. The van der Waals surface area contributed by atoms with Gasteiger partial charge in [0, 0.05) is 31.5 Å². The van der Waals surface area contributed by atoms with Gasteiger partial charge in [0.15, 0.2) is 0 Å². The van der Waals surface area contributed by atoms with Gasteiger partial charge in [-0.05, 0) is 51.4 Å². The minimum absolute atomic E-state index is 0.0413. The largest absolute Gasteiger partial charge is 0.481 e. The molecular weight excluding hydrogens is 528 g/mol. The summed E-state index contributed by atoms with van der Waals surface area (Å²) in [6.07, 6.45) is 28.4. The van der Waals surface area contributed by atoms with Crippen molar-refractivity contribution < 1.29 is 38.6 Å². The number of nitrogens with one attached hydrogen (secondary N) is 2. The number of amides is 2. The molecular formula is C31H44N2O8. The number of rotatable bonds is 22. The van der Waals surface area contributed by atoms with Crippen LogP contribution in [0, 0.1) is 0 Å². The summed E-state index contributed by atoms with van der Waals surface area (Å²) in [5, 5.41) is 13.2. The van der Waals surface area contributed by atoms with Crippen LogP contribution >= 0.6 is 0 Å². The number of esters is 2. The normalized spacial score (nSPS) is 11.8. The smallest absolute Gasteiger partial charge is 0.415 e. The molecule has 0 heterocycles. The molecule has 0 spiro atoms. The third-order valence-electron chi connectivity index (χ3n) is 4.97. The minimum Gasteiger partial charge on any atom is -0.481 e. The Morgan fingerprint density at radius 3 is 1.85 bits per heavy atom. The number of carboxylic acid groups (broad SMARTS) is 1. The first-order chi connectivity index (χ1) is 19.8. The fraction of sp³-hybridized carbons (Fsp3) is 0.452. The van der Waals surface area contributed by atoms with Gasteiger partial charge in [0.1, 0.15) is 6.61 Å². The van der Waals surface area contributed by atoms with Crippen molar-refractivity contribution in [2.24, 2.45) is 0 Å². The Kier molecular flexibility index (Phi) is 24.6. The molecule has 0 aromatic heterocycles. The first-order valence-corrected chi connectivity index (χ1v) is 13.9. The monoisotopic (exact) mass is 572 g/mol. The molecule has 0 aromatic rings. The number of allylic oxidation sites excluding steroid dienone is 10. The average Bonchev–Trinajstić information content (AvgIpc) is 2.94. The van der Waals surface area contributed by atoms with Crippen LogP contribution in [0.5, 0.6) is 0 Å². The Hall–Kier alpha value is -4.21. The second-order valence-electron chi connectivity index (χ2n) is 8.58. The molecule has 0 bridgehead atoms. The quantitative estimate of drug-likeness (QED) is 0.0524. The molecule has 41 heavy (non-hydrogen) atoms. The van der Waals surface area contributed by atoms with Gasteiger partial charge in [-0.3, -0.25) is 14.4 Å². The number of aliphatic carboxylic acids is 1. The van der Waals surface area contributed by atoms with Crippen molar-refractivity contribution in [2.45, 2.75) is 71.1 Å². The molecule has 0 atom stereocenters. The summed E-state index contributed by atoms with van der Waals surface area (Å²) in [7, 11) is 0. The Balaban J connectivity index is 3.75. The van der Waals surface area contributed by atoms with Crippen molar-refractivity contribution in [3.05, 3.63) is 72.9 Å². The van der Waals surface area contributed by atoms with E-state index in [0.717, 1.165) is 50.7 Å². The number of carbonyl (C=O) groups is 5. The van der Waals surface area contributed by atoms with E-state index in [1.165, 1.54) is 0 Å². The molecule has 0 rings (SSSR count). The molecule has 0 saturated heterocycles. The maximum absolute atomic E-state index is 11.8. The van der Waals surface area contributed by atoms with Gasteiger partial charge >= 0.3 is 24.0 Å². The highest BCUT2D eigenvalue weighted by Crippen LogP contribution is 2.01. The van der Waals surface area contributed by atoms with Crippen molar-refractivity contribution in [2.75, 3.05) is 19.7 Å². The van der Waals surface area contributed by atoms with Crippen molar-refractivity contribution in [1.82, 2.24) is 10.6 Å². The maximum Gasteiger partial charge on any atom is 0.415 e. The van der Waals surface area contributed by atoms with E-state index in [2.05, 4.69) is 77.0 Å². The zero-order chi connectivity index (χ0) is 30.4. The topological polar surface area (TPSA) is 148 Å². The first-order valence-electron chi connectivity index (χ1n) is 13.9. The molecule has 0 aliphatic carbocycles. The molecule has 226 valence electrons. The van der Waals surface area contributed by atoms with Crippen LogP contribution in [0.3, 0.4) is 0 Å². The van der Waals surface area contributed by atoms with Crippen LogP contribution in [-0.4, -0.2) is 54.7 Å². The van der Waals surface area contributed by atoms with Crippen LogP contribution in [0.1, 0.15) is 71.1 Å². The molecule has 0 aliphatic heterocycles. The van der Waals surface area contributed by atoms with E-state index < -0.39 is 23.9 Å². The third-order valence-corrected chi connectivity index (χ3v) is 4.97. The van der Waals surface area contributed by atoms with E-state index in [1.807, 2.05) is 6.08 Å². The van der Waals surface area contributed by atoms with Gasteiger partial charge in [0.2, 0.25) is 5.91 Å². The highest BCUT2D eigenvalue weighted by atomic mass is 16.6. The Labute approximate surface area is 242 Å². The number of ether oxygens (including phenoxy) is 2. The summed E-state index contributed by atoms with van der Waals surface area (Å²) in [6, 6.07) is 0. The molecule has 0 aliphatic rings. The van der Waals surface area contributed by atoms with E-state index in [4.69, 9.17) is 9.84 Å². The Bertz CT molecular complexity index is 961. The van der Waals surface area contributed by atoms with Gasteiger partial charge in [-0.25, -0.2) is 9.59 Å². The fourth-order valence-electron chi connectivity index (χ4n) is 2.94. The number of hydrogen-bond acceptors (Lipinski definition) is 7. The van der Waals surface area contributed by atoms with Gasteiger partial charge in [-0.15, -0.1) is 0 Å². The standard InChI is InChI=1S/C31H44N2O8/c1-2-3-4-5-6-7-8-9-10-11-12-13-14-15-16-17-18-21-29(37)40-26-25-33-31(39)41-30(38)23-22-27(34)32-24-19-20-28(35)36/h3-4,6-7,9-10,12-13,15-16,22-23H,2,5,8,11,14,17-21,24-26H2,1H3,(H,32,34)(H,33,39)(H,35,36)/b4-3-,7-6-,10-9-,13-12-,16-15-,23-22+. The second-order valence-corrected chi connectivity index (χ2v) is 8.58. The Morgan fingerprint density at radius 2 is 1.27 bits per heavy atom. The summed E-state index contributed by atoms with van der Waals surface area (Å²) >= 11 is 0. The zero-order valence-electron chi connectivity index (χ0n) is 23.9. The van der Waals surface area contributed by atoms with Gasteiger partial charge < -0.3 is 25.2 Å². The van der Waals surface area contributed by atoms with Crippen molar-refractivity contribution in [3.63, 3.8) is 0 Å². The molecule has 2 amide bonds. The molecule has 0 radical (unpaired) electrons. The summed E-state index contributed by atoms with van der Waals surface area (Å²) in [5.74, 6) is -3.05. The predicted octanol–water partition coefficient (Wildman–Crippen LogP) is 5.24. The first kappa shape index (κ1) is 36.8. The van der Waals surface area contributed by atoms with Crippen LogP contribution < -0.4 is 10.6 Å². The van der Waals surface area contributed by atoms with Crippen LogP contribution in [0.2, 0.25) is 0 Å². The highest BCUT2D eigenvalue weighted by molar-refractivity contribution is 5.97. The van der Waals surface area contributed by atoms with E-state index in [1.54, 1.807) is 0 Å². The Morgan fingerprint density at radius 1 is 0.683 bits per heavy atom. The van der Waals surface area contributed by atoms with Gasteiger partial charge in [0.25, 0.3) is 0 Å². The lowest BCUT2D eigenvalue weighted by Crippen LogP contribution is -2.30. The van der Waals surface area contributed by atoms with Crippen LogP contribution in [0.4, 0.5) is 4.79 Å². The molecule has 10 nitrogen and oxygen atoms in total. The molecule has 0 aromatic carbocycles. The van der Waals surface area contributed by atoms with Crippen molar-refractivity contribution in [1.29, 1.82) is 0 Å². The lowest BCUT2D eigenvalue weighted by atomic mass is 10.2. The molecule has 0 fully saturated rings. The molecule has 0 saturated carbocycles. The van der Waals surface area contributed by atoms with E-state index in [-0.39, 0.29) is 44.9 Å². The zero-order valence-corrected chi connectivity index (χ0v) is 23.9. The summed E-state index contributed by atoms with van der Waals surface area (Å²) in [6.45, 7) is 2.15. The summed E-state index contributed by atoms with van der Waals surface area (Å²) in [4.78, 5) is 56.7. The number of hydrogen-bond donors (Lipinski definition) is 3. The van der Waals surface area contributed by atoms with E-state index in [0.29, 0.717) is 6.42 Å². The maximum atomic E-state index is 11.8. The van der Waals surface area contributed by atoms with Crippen molar-refractivity contribution >= 4 is 29.9 Å². The fourth-order valence-corrected chi connectivity index (χ4v) is 2.94. The molecule has 3 N–H and O–H groups in total. The number of alkyl carbamates (subject to hydrolysis) is 1. The molecule has 10 heteroatoms. The number of carbonyl (C=O) groups excluding carboxylic acids is 4. The van der Waals surface area contributed by atoms with Crippen LogP contribution in [0.15, 0.2) is 72.9 Å². The lowest BCUT2D eigenvalue weighted by molar-refractivity contribution is -0.143. The highest BCUT2D eigenvalue weighted by Gasteiger charge is 2.08. The second kappa shape index (κ2) is 27.4. The van der Waals surface area contributed by atoms with Gasteiger partial charge in [0.05, 0.1) is 6.54 Å². The van der Waals surface area contributed by atoms with Crippen molar-refractivity contribution in [3.8, 4) is 0 Å². The van der Waals surface area contributed by atoms with Crippen LogP contribution in [0.25, 0.3) is 0 Å². The summed E-state index contributed by atoms with van der Waals surface area (Å²) in [5.41, 5.74) is 0. The minimum atomic E-state index is -1.06. The van der Waals surface area contributed by atoms with Gasteiger partial charge in [-0.2, -0.15) is 0 Å². The SMILES string of the molecule is CC/C=C\C/C=C\C/C=C\C/C=C\C/C=C\CCCC(=O)OCCNC(=O)OC(=O)/C=C/C(=O)NCCCC(=O)O. The molecule has 0 unspecified atom stereocenters. The summed E-state index contributed by atoms with van der Waals surface area (Å²) < 4.78 is 9.46. The van der Waals surface area contributed by atoms with Gasteiger partial charge in [-0.1, -0.05) is 67.7 Å².